The Kier molecular flexibility index (Phi) is 4.34. The van der Waals surface area contributed by atoms with Gasteiger partial charge in [-0.25, -0.2) is 0 Å². The molecule has 8 nitrogen and oxygen atoms in total. The molecule has 124 valence electrons. The normalized spacial score (nSPS) is 14.1. The van der Waals surface area contributed by atoms with Gasteiger partial charge < -0.3 is 14.6 Å². The second-order valence-corrected chi connectivity index (χ2v) is 6.21. The van der Waals surface area contributed by atoms with Gasteiger partial charge in [0.1, 0.15) is 4.92 Å². The number of benzene rings is 1. The van der Waals surface area contributed by atoms with E-state index in [2.05, 4.69) is 21.2 Å². The highest BCUT2D eigenvalue weighted by Gasteiger charge is 2.37. The minimum Gasteiger partial charge on any atom is -0.395 e. The van der Waals surface area contributed by atoms with E-state index in [-0.39, 0.29) is 30.7 Å². The van der Waals surface area contributed by atoms with Gasteiger partial charge in [0.05, 0.1) is 12.0 Å². The number of rotatable bonds is 4. The van der Waals surface area contributed by atoms with Crippen molar-refractivity contribution in [3.05, 3.63) is 56.7 Å². The first-order valence-corrected chi connectivity index (χ1v) is 7.83. The van der Waals surface area contributed by atoms with Gasteiger partial charge >= 0.3 is 5.88 Å². The molecule has 0 spiro atoms. The smallest absolute Gasteiger partial charge is 0.395 e. The first-order chi connectivity index (χ1) is 11.4. The molecule has 2 heterocycles. The topological polar surface area (TPSA) is 106 Å². The number of furan rings is 1. The average Bonchev–Trinajstić information content (AvgIpc) is 2.98. The summed E-state index contributed by atoms with van der Waals surface area (Å²) >= 11 is 3.31. The van der Waals surface area contributed by atoms with E-state index in [9.17, 15) is 19.7 Å². The summed E-state index contributed by atoms with van der Waals surface area (Å²) in [4.78, 5) is 35.5. The van der Waals surface area contributed by atoms with Gasteiger partial charge in [-0.1, -0.05) is 15.9 Å². The second-order valence-electron chi connectivity index (χ2n) is 5.30. The SMILES string of the molecule is O=C(Nc1ccc(Br)cc1)C1CN(C(=O)c2ccc([N+](=O)[O-])o2)C1. The van der Waals surface area contributed by atoms with Crippen molar-refractivity contribution in [3.8, 4) is 0 Å². The fourth-order valence-corrected chi connectivity index (χ4v) is 2.55. The van der Waals surface area contributed by atoms with Crippen molar-refractivity contribution in [2.24, 2.45) is 5.92 Å². The van der Waals surface area contributed by atoms with Gasteiger partial charge in [0.2, 0.25) is 5.91 Å². The van der Waals surface area contributed by atoms with Crippen LogP contribution in [0.1, 0.15) is 10.6 Å². The van der Waals surface area contributed by atoms with Crippen LogP contribution in [-0.4, -0.2) is 34.7 Å². The van der Waals surface area contributed by atoms with Gasteiger partial charge in [0.15, 0.2) is 5.76 Å². The van der Waals surface area contributed by atoms with Crippen LogP contribution in [0.5, 0.6) is 0 Å². The Labute approximate surface area is 144 Å². The lowest BCUT2D eigenvalue weighted by molar-refractivity contribution is -0.402. The number of hydrogen-bond acceptors (Lipinski definition) is 5. The number of nitro groups is 1. The molecule has 1 aliphatic heterocycles. The summed E-state index contributed by atoms with van der Waals surface area (Å²) in [5.41, 5.74) is 0.676. The highest BCUT2D eigenvalue weighted by molar-refractivity contribution is 9.10. The molecule has 9 heteroatoms. The maximum Gasteiger partial charge on any atom is 0.433 e. The molecule has 1 aliphatic rings. The Morgan fingerprint density at radius 2 is 1.88 bits per heavy atom. The standard InChI is InChI=1S/C15H12BrN3O5/c16-10-1-3-11(4-2-10)17-14(20)9-7-18(8-9)15(21)12-5-6-13(24-12)19(22)23/h1-6,9H,7-8H2,(H,17,20). The Morgan fingerprint density at radius 1 is 1.21 bits per heavy atom. The molecule has 0 unspecified atom stereocenters. The van der Waals surface area contributed by atoms with E-state index >= 15 is 0 Å². The van der Waals surface area contributed by atoms with Gasteiger partial charge in [-0.2, -0.15) is 0 Å². The van der Waals surface area contributed by atoms with Crippen LogP contribution in [0.4, 0.5) is 11.6 Å². The number of likely N-dealkylation sites (tertiary alicyclic amines) is 1. The first kappa shape index (κ1) is 16.2. The van der Waals surface area contributed by atoms with Crippen LogP contribution >= 0.6 is 15.9 Å². The lowest BCUT2D eigenvalue weighted by Gasteiger charge is -2.37. The molecule has 0 saturated carbocycles. The molecule has 2 aromatic rings. The number of carbonyl (C=O) groups excluding carboxylic acids is 2. The van der Waals surface area contributed by atoms with E-state index < -0.39 is 16.7 Å². The van der Waals surface area contributed by atoms with E-state index in [1.807, 2.05) is 12.1 Å². The fourth-order valence-electron chi connectivity index (χ4n) is 2.28. The molecule has 3 rings (SSSR count). The minimum atomic E-state index is -0.707. The van der Waals surface area contributed by atoms with Crippen molar-refractivity contribution in [1.29, 1.82) is 0 Å². The maximum atomic E-state index is 12.1. The number of anilines is 1. The summed E-state index contributed by atoms with van der Waals surface area (Å²) in [6.07, 6.45) is 0. The van der Waals surface area contributed by atoms with Crippen molar-refractivity contribution in [2.75, 3.05) is 18.4 Å². The van der Waals surface area contributed by atoms with Gasteiger partial charge in [-0.3, -0.25) is 19.7 Å². The molecular weight excluding hydrogens is 382 g/mol. The van der Waals surface area contributed by atoms with E-state index in [0.29, 0.717) is 5.69 Å². The Hall–Kier alpha value is -2.68. The van der Waals surface area contributed by atoms with Crippen molar-refractivity contribution < 1.29 is 18.9 Å². The molecule has 1 aromatic heterocycles. The lowest BCUT2D eigenvalue weighted by Crippen LogP contribution is -2.54. The molecule has 0 aliphatic carbocycles. The number of nitrogens with zero attached hydrogens (tertiary/aromatic N) is 2. The van der Waals surface area contributed by atoms with Crippen molar-refractivity contribution in [1.82, 2.24) is 4.90 Å². The third-order valence-electron chi connectivity index (χ3n) is 3.63. The van der Waals surface area contributed by atoms with Crippen LogP contribution in [0.25, 0.3) is 0 Å². The van der Waals surface area contributed by atoms with Gasteiger partial charge in [-0.05, 0) is 30.3 Å². The lowest BCUT2D eigenvalue weighted by atomic mass is 9.98. The largest absolute Gasteiger partial charge is 0.433 e. The van der Waals surface area contributed by atoms with Crippen LogP contribution < -0.4 is 5.32 Å². The monoisotopic (exact) mass is 393 g/mol. The zero-order valence-electron chi connectivity index (χ0n) is 12.3. The molecular formula is C15H12BrN3O5. The van der Waals surface area contributed by atoms with E-state index in [1.54, 1.807) is 12.1 Å². The number of nitrogens with one attached hydrogen (secondary N) is 1. The molecule has 1 N–H and O–H groups in total. The third-order valence-corrected chi connectivity index (χ3v) is 4.16. The van der Waals surface area contributed by atoms with Crippen LogP contribution in [0.2, 0.25) is 0 Å². The summed E-state index contributed by atoms with van der Waals surface area (Å²) in [7, 11) is 0. The van der Waals surface area contributed by atoms with Gasteiger partial charge in [0.25, 0.3) is 5.91 Å². The number of amides is 2. The first-order valence-electron chi connectivity index (χ1n) is 7.04. The summed E-state index contributed by atoms with van der Waals surface area (Å²) in [5.74, 6) is -1.54. The third kappa shape index (κ3) is 3.30. The van der Waals surface area contributed by atoms with Gasteiger partial charge in [0, 0.05) is 23.2 Å². The quantitative estimate of drug-likeness (QED) is 0.634. The van der Waals surface area contributed by atoms with Crippen LogP contribution in [-0.2, 0) is 4.79 Å². The van der Waals surface area contributed by atoms with Crippen molar-refractivity contribution in [2.45, 2.75) is 0 Å². The number of carbonyl (C=O) groups is 2. The summed E-state index contributed by atoms with van der Waals surface area (Å²) in [6.45, 7) is 0.491. The zero-order valence-corrected chi connectivity index (χ0v) is 13.9. The Bertz CT molecular complexity index is 796. The molecule has 2 amide bonds. The number of halogens is 1. The van der Waals surface area contributed by atoms with E-state index in [4.69, 9.17) is 4.42 Å². The molecule has 24 heavy (non-hydrogen) atoms. The predicted molar refractivity (Wildman–Crippen MR) is 87.5 cm³/mol. The van der Waals surface area contributed by atoms with E-state index in [0.717, 1.165) is 10.5 Å². The average molecular weight is 394 g/mol. The molecule has 0 bridgehead atoms. The summed E-state index contributed by atoms with van der Waals surface area (Å²) < 4.78 is 5.78. The Morgan fingerprint density at radius 3 is 2.46 bits per heavy atom. The molecule has 0 atom stereocenters. The van der Waals surface area contributed by atoms with Crippen LogP contribution in [0.3, 0.4) is 0 Å². The van der Waals surface area contributed by atoms with Crippen LogP contribution in [0, 0.1) is 16.0 Å². The van der Waals surface area contributed by atoms with E-state index in [1.165, 1.54) is 11.0 Å². The van der Waals surface area contributed by atoms with Crippen LogP contribution in [0.15, 0.2) is 45.3 Å². The summed E-state index contributed by atoms with van der Waals surface area (Å²) in [6, 6.07) is 9.56. The molecule has 1 fully saturated rings. The van der Waals surface area contributed by atoms with Crippen molar-refractivity contribution >= 4 is 39.3 Å². The molecule has 1 aromatic carbocycles. The summed E-state index contributed by atoms with van der Waals surface area (Å²) in [5, 5.41) is 13.3. The van der Waals surface area contributed by atoms with Crippen molar-refractivity contribution in [3.63, 3.8) is 0 Å². The maximum absolute atomic E-state index is 12.1. The highest BCUT2D eigenvalue weighted by Crippen LogP contribution is 2.23. The molecule has 1 saturated heterocycles. The van der Waals surface area contributed by atoms with Gasteiger partial charge in [-0.15, -0.1) is 0 Å². The highest BCUT2D eigenvalue weighted by atomic mass is 79.9. The predicted octanol–water partition coefficient (Wildman–Crippen LogP) is 2.66. The molecule has 0 radical (unpaired) electrons. The number of hydrogen-bond donors (Lipinski definition) is 1. The fraction of sp³-hybridized carbons (Fsp3) is 0.200. The minimum absolute atomic E-state index is 0.103. The Balaban J connectivity index is 1.54. The zero-order chi connectivity index (χ0) is 17.3. The second kappa shape index (κ2) is 6.44.